The Hall–Kier alpha value is -2.55. The summed E-state index contributed by atoms with van der Waals surface area (Å²) in [4.78, 5) is 17.9. The summed E-state index contributed by atoms with van der Waals surface area (Å²) in [6, 6.07) is 19.0. The molecule has 4 rings (SSSR count). The van der Waals surface area contributed by atoms with Crippen molar-refractivity contribution >= 4 is 16.8 Å². The Labute approximate surface area is 148 Å². The topological polar surface area (TPSA) is 36.1 Å². The summed E-state index contributed by atoms with van der Waals surface area (Å²) >= 11 is 0. The second-order valence-electron chi connectivity index (χ2n) is 7.09. The van der Waals surface area contributed by atoms with Crippen molar-refractivity contribution in [2.24, 2.45) is 5.92 Å². The summed E-state index contributed by atoms with van der Waals surface area (Å²) in [6.07, 6.45) is 5.78. The van der Waals surface area contributed by atoms with Gasteiger partial charge in [0.25, 0.3) is 0 Å². The average molecular weight is 332 g/mol. The third kappa shape index (κ3) is 3.76. The predicted octanol–water partition coefficient (Wildman–Crippen LogP) is 4.19. The monoisotopic (exact) mass is 332 g/mol. The van der Waals surface area contributed by atoms with Crippen molar-refractivity contribution in [3.8, 4) is 0 Å². The van der Waals surface area contributed by atoms with Crippen molar-refractivity contribution in [2.75, 3.05) is 13.1 Å². The van der Waals surface area contributed by atoms with Crippen LogP contribution in [-0.2, 0) is 17.6 Å². The lowest BCUT2D eigenvalue weighted by molar-refractivity contribution is -0.131. The third-order valence-electron chi connectivity index (χ3n) is 5.31. The number of hydrogen-bond donors (Lipinski definition) is 1. The minimum absolute atomic E-state index is 0.254. The molecule has 0 spiro atoms. The highest BCUT2D eigenvalue weighted by atomic mass is 16.2. The molecule has 0 unspecified atom stereocenters. The zero-order chi connectivity index (χ0) is 17.1. The summed E-state index contributed by atoms with van der Waals surface area (Å²) in [5.41, 5.74) is 3.60. The minimum Gasteiger partial charge on any atom is -0.361 e. The van der Waals surface area contributed by atoms with Crippen LogP contribution in [0.3, 0.4) is 0 Å². The number of benzene rings is 2. The second kappa shape index (κ2) is 7.14. The molecule has 1 saturated heterocycles. The molecule has 2 aromatic carbocycles. The molecular weight excluding hydrogens is 308 g/mol. The molecular formula is C22H24N2O. The number of H-pyrrole nitrogens is 1. The van der Waals surface area contributed by atoms with Gasteiger partial charge in [-0.15, -0.1) is 0 Å². The second-order valence-corrected chi connectivity index (χ2v) is 7.09. The molecule has 0 bridgehead atoms. The van der Waals surface area contributed by atoms with Crippen LogP contribution in [0.2, 0.25) is 0 Å². The molecule has 1 aliphatic rings. The van der Waals surface area contributed by atoms with Crippen LogP contribution in [0.5, 0.6) is 0 Å². The number of rotatable bonds is 4. The SMILES string of the molecule is O=C(Cc1ccc2cc[nH]c2c1)N1CCC(Cc2ccccc2)CC1. The van der Waals surface area contributed by atoms with E-state index in [1.54, 1.807) is 0 Å². The van der Waals surface area contributed by atoms with E-state index in [1.807, 2.05) is 11.1 Å². The number of carbonyl (C=O) groups is 1. The number of nitrogens with zero attached hydrogens (tertiary/aromatic N) is 1. The highest BCUT2D eigenvalue weighted by Gasteiger charge is 2.23. The molecule has 1 fully saturated rings. The van der Waals surface area contributed by atoms with Gasteiger partial charge in [0.05, 0.1) is 6.42 Å². The molecule has 3 aromatic rings. The maximum atomic E-state index is 12.6. The number of hydrogen-bond acceptors (Lipinski definition) is 1. The third-order valence-corrected chi connectivity index (χ3v) is 5.31. The van der Waals surface area contributed by atoms with E-state index < -0.39 is 0 Å². The van der Waals surface area contributed by atoms with E-state index in [9.17, 15) is 4.79 Å². The largest absolute Gasteiger partial charge is 0.361 e. The first-order valence-electron chi connectivity index (χ1n) is 9.15. The van der Waals surface area contributed by atoms with Crippen molar-refractivity contribution in [1.82, 2.24) is 9.88 Å². The molecule has 1 N–H and O–H groups in total. The van der Waals surface area contributed by atoms with Crippen molar-refractivity contribution in [1.29, 1.82) is 0 Å². The maximum Gasteiger partial charge on any atom is 0.226 e. The van der Waals surface area contributed by atoms with Crippen molar-refractivity contribution in [3.05, 3.63) is 71.9 Å². The molecule has 0 atom stereocenters. The van der Waals surface area contributed by atoms with Gasteiger partial charge in [-0.25, -0.2) is 0 Å². The Morgan fingerprint density at radius 2 is 1.80 bits per heavy atom. The van der Waals surface area contributed by atoms with Crippen LogP contribution >= 0.6 is 0 Å². The molecule has 3 heteroatoms. The van der Waals surface area contributed by atoms with Gasteiger partial charge in [-0.3, -0.25) is 4.79 Å². The number of piperidine rings is 1. The molecule has 3 nitrogen and oxygen atoms in total. The highest BCUT2D eigenvalue weighted by Crippen LogP contribution is 2.22. The van der Waals surface area contributed by atoms with Gasteiger partial charge in [0.2, 0.25) is 5.91 Å². The maximum absolute atomic E-state index is 12.6. The number of aromatic amines is 1. The van der Waals surface area contributed by atoms with Crippen molar-refractivity contribution < 1.29 is 4.79 Å². The van der Waals surface area contributed by atoms with Gasteiger partial charge in [-0.2, -0.15) is 0 Å². The van der Waals surface area contributed by atoms with Crippen LogP contribution in [0.4, 0.5) is 0 Å². The Balaban J connectivity index is 1.31. The smallest absolute Gasteiger partial charge is 0.226 e. The molecule has 1 aromatic heterocycles. The fourth-order valence-electron chi connectivity index (χ4n) is 3.83. The molecule has 0 radical (unpaired) electrons. The number of carbonyl (C=O) groups excluding carboxylic acids is 1. The molecule has 25 heavy (non-hydrogen) atoms. The van der Waals surface area contributed by atoms with Crippen LogP contribution in [0.25, 0.3) is 10.9 Å². The van der Waals surface area contributed by atoms with Crippen molar-refractivity contribution in [3.63, 3.8) is 0 Å². The lowest BCUT2D eigenvalue weighted by Gasteiger charge is -2.32. The number of nitrogens with one attached hydrogen (secondary N) is 1. The van der Waals surface area contributed by atoms with E-state index >= 15 is 0 Å². The summed E-state index contributed by atoms with van der Waals surface area (Å²) in [5, 5.41) is 1.19. The van der Waals surface area contributed by atoms with Gasteiger partial charge in [-0.1, -0.05) is 42.5 Å². The van der Waals surface area contributed by atoms with Gasteiger partial charge in [0.1, 0.15) is 0 Å². The Morgan fingerprint density at radius 1 is 1.00 bits per heavy atom. The average Bonchev–Trinajstić information content (AvgIpc) is 3.11. The van der Waals surface area contributed by atoms with Crippen molar-refractivity contribution in [2.45, 2.75) is 25.7 Å². The van der Waals surface area contributed by atoms with Gasteiger partial charge in [0, 0.05) is 24.8 Å². The molecule has 1 aliphatic heterocycles. The summed E-state index contributed by atoms with van der Waals surface area (Å²) in [5.74, 6) is 0.950. The Kier molecular flexibility index (Phi) is 4.55. The van der Waals surface area contributed by atoms with Crippen LogP contribution in [0.15, 0.2) is 60.8 Å². The van der Waals surface area contributed by atoms with Crippen LogP contribution in [0, 0.1) is 5.92 Å². The Morgan fingerprint density at radius 3 is 2.60 bits per heavy atom. The van der Waals surface area contributed by atoms with Gasteiger partial charge in [0.15, 0.2) is 0 Å². The van der Waals surface area contributed by atoms with Gasteiger partial charge >= 0.3 is 0 Å². The number of aromatic nitrogens is 1. The summed E-state index contributed by atoms with van der Waals surface area (Å²) in [7, 11) is 0. The van der Waals surface area contributed by atoms with E-state index in [2.05, 4.69) is 59.6 Å². The van der Waals surface area contributed by atoms with E-state index in [-0.39, 0.29) is 5.91 Å². The fourth-order valence-corrected chi connectivity index (χ4v) is 3.83. The number of likely N-dealkylation sites (tertiary alicyclic amines) is 1. The van der Waals surface area contributed by atoms with Gasteiger partial charge < -0.3 is 9.88 Å². The number of fused-ring (bicyclic) bond motifs is 1. The Bertz CT molecular complexity index is 845. The van der Waals surface area contributed by atoms with E-state index in [1.165, 1.54) is 10.9 Å². The van der Waals surface area contributed by atoms with Gasteiger partial charge in [-0.05, 0) is 53.8 Å². The minimum atomic E-state index is 0.254. The molecule has 0 saturated carbocycles. The molecule has 1 amide bonds. The predicted molar refractivity (Wildman–Crippen MR) is 101 cm³/mol. The first kappa shape index (κ1) is 15.9. The van der Waals surface area contributed by atoms with E-state index in [0.29, 0.717) is 12.3 Å². The molecule has 0 aliphatic carbocycles. The zero-order valence-corrected chi connectivity index (χ0v) is 14.4. The quantitative estimate of drug-likeness (QED) is 0.764. The van der Waals surface area contributed by atoms with E-state index in [4.69, 9.17) is 0 Å². The van der Waals surface area contributed by atoms with Crippen LogP contribution in [0.1, 0.15) is 24.0 Å². The molecule has 2 heterocycles. The normalized spacial score (nSPS) is 15.6. The van der Waals surface area contributed by atoms with Crippen LogP contribution < -0.4 is 0 Å². The fraction of sp³-hybridized carbons (Fsp3) is 0.318. The van der Waals surface area contributed by atoms with Crippen LogP contribution in [-0.4, -0.2) is 28.9 Å². The lowest BCUT2D eigenvalue weighted by atomic mass is 9.90. The summed E-state index contributed by atoms with van der Waals surface area (Å²) < 4.78 is 0. The first-order chi connectivity index (χ1) is 12.3. The lowest BCUT2D eigenvalue weighted by Crippen LogP contribution is -2.39. The van der Waals surface area contributed by atoms with E-state index in [0.717, 1.165) is 43.4 Å². The number of amides is 1. The standard InChI is InChI=1S/C22H24N2O/c25-22(16-19-6-7-20-8-11-23-21(20)15-19)24-12-9-18(10-13-24)14-17-4-2-1-3-5-17/h1-8,11,15,18,23H,9-10,12-14,16H2. The first-order valence-corrected chi connectivity index (χ1v) is 9.15. The zero-order valence-electron chi connectivity index (χ0n) is 14.4. The highest BCUT2D eigenvalue weighted by molar-refractivity contribution is 5.83. The summed E-state index contributed by atoms with van der Waals surface area (Å²) in [6.45, 7) is 1.78. The molecule has 128 valence electrons.